The molecule has 0 heterocycles. The van der Waals surface area contributed by atoms with Crippen molar-refractivity contribution in [3.63, 3.8) is 0 Å². The quantitative estimate of drug-likeness (QED) is 0.0917. The van der Waals surface area contributed by atoms with Crippen LogP contribution >= 0.6 is 34.8 Å². The highest BCUT2D eigenvalue weighted by Crippen LogP contribution is 2.69. The van der Waals surface area contributed by atoms with Gasteiger partial charge in [0, 0.05) is 11.8 Å². The van der Waals surface area contributed by atoms with Gasteiger partial charge in [0.05, 0.1) is 29.4 Å². The molecule has 0 bridgehead atoms. The van der Waals surface area contributed by atoms with Gasteiger partial charge in [0.1, 0.15) is 6.61 Å². The summed E-state index contributed by atoms with van der Waals surface area (Å²) < 4.78 is 28.3. The van der Waals surface area contributed by atoms with Crippen molar-refractivity contribution >= 4 is 52.7 Å². The standard InChI is InChI=1S/C42H53Cl3O9/c1-26(14-17-36(47)50-23-42(43,44)45)31-15-16-32-37-33(22-35(41(31,32)3)52-25-54-39(49)28-12-8-5-9-13-28)40(2)19-18-30(46)20-29(40)21-34(37)51-24-53-38(48)27-10-6-4-7-11-27/h4-13,26,29-35,37,46H,14-25H2,1-3H3/t26-,29+,30-,31-,32+,33+,34-,35+,37+,40+,41-/m1/s1. The number of hydrogen-bond donors (Lipinski definition) is 1. The number of ether oxygens (including phenoxy) is 5. The lowest BCUT2D eigenvalue weighted by Crippen LogP contribution is -2.63. The Morgan fingerprint density at radius 2 is 1.43 bits per heavy atom. The number of halogens is 3. The molecule has 0 spiro atoms. The average Bonchev–Trinajstić information content (AvgIpc) is 3.52. The number of alkyl halides is 3. The molecule has 1 N–H and O–H groups in total. The van der Waals surface area contributed by atoms with Crippen LogP contribution in [0.25, 0.3) is 0 Å². The van der Waals surface area contributed by atoms with Crippen LogP contribution in [-0.2, 0) is 28.5 Å². The second kappa shape index (κ2) is 17.4. The van der Waals surface area contributed by atoms with Crippen molar-refractivity contribution in [2.24, 2.45) is 46.3 Å². The van der Waals surface area contributed by atoms with Crippen molar-refractivity contribution < 1.29 is 43.2 Å². The molecule has 11 atom stereocenters. The van der Waals surface area contributed by atoms with Crippen LogP contribution in [0.3, 0.4) is 0 Å². The number of aliphatic hydroxyl groups excluding tert-OH is 1. The van der Waals surface area contributed by atoms with Crippen molar-refractivity contribution in [3.05, 3.63) is 71.8 Å². The topological polar surface area (TPSA) is 118 Å². The fourth-order valence-electron chi connectivity index (χ4n) is 10.9. The van der Waals surface area contributed by atoms with E-state index in [1.165, 1.54) is 0 Å². The molecule has 4 fully saturated rings. The molecule has 0 aromatic heterocycles. The van der Waals surface area contributed by atoms with E-state index in [1.54, 1.807) is 48.5 Å². The van der Waals surface area contributed by atoms with Crippen molar-refractivity contribution in [1.29, 1.82) is 0 Å². The van der Waals surface area contributed by atoms with E-state index in [0.717, 1.165) is 38.5 Å². The van der Waals surface area contributed by atoms with Crippen molar-refractivity contribution in [1.82, 2.24) is 0 Å². The molecular formula is C42H53Cl3O9. The fourth-order valence-corrected chi connectivity index (χ4v) is 11.1. The summed E-state index contributed by atoms with van der Waals surface area (Å²) in [4.78, 5) is 38.5. The number of rotatable bonds is 13. The molecule has 9 nitrogen and oxygen atoms in total. The zero-order chi connectivity index (χ0) is 38.7. The van der Waals surface area contributed by atoms with E-state index >= 15 is 0 Å². The minimum Gasteiger partial charge on any atom is -0.461 e. The second-order valence-electron chi connectivity index (χ2n) is 16.4. The van der Waals surface area contributed by atoms with E-state index in [0.29, 0.717) is 24.0 Å². The highest BCUT2D eigenvalue weighted by Gasteiger charge is 2.66. The molecule has 2 aromatic carbocycles. The number of esters is 3. The lowest BCUT2D eigenvalue weighted by molar-refractivity contribution is -0.243. The highest BCUT2D eigenvalue weighted by atomic mass is 35.6. The van der Waals surface area contributed by atoms with Gasteiger partial charge >= 0.3 is 17.9 Å². The van der Waals surface area contributed by atoms with Crippen molar-refractivity contribution in [2.75, 3.05) is 20.2 Å². The van der Waals surface area contributed by atoms with Gasteiger partial charge in [0.15, 0.2) is 13.6 Å². The SMILES string of the molecule is C[C@H](CCC(=O)OCC(Cl)(Cl)Cl)[C@H]1CC[C@H]2[C@@H]3[C@H](OCOC(=O)c4ccccc4)C[C@@H]4C[C@H](O)CC[C@]4(C)[C@H]3C[C@H](OCOC(=O)c3ccccc3)[C@]12C. The largest absolute Gasteiger partial charge is 0.461 e. The van der Waals surface area contributed by atoms with E-state index in [1.807, 2.05) is 12.1 Å². The maximum atomic E-state index is 13.0. The molecule has 4 saturated carbocycles. The van der Waals surface area contributed by atoms with Gasteiger partial charge in [-0.05, 0) is 117 Å². The van der Waals surface area contributed by atoms with Gasteiger partial charge in [0.25, 0.3) is 0 Å². The van der Waals surface area contributed by atoms with Gasteiger partial charge in [-0.1, -0.05) is 92.0 Å². The Hall–Kier alpha value is -2.40. The van der Waals surface area contributed by atoms with Gasteiger partial charge in [-0.3, -0.25) is 4.79 Å². The molecule has 0 aliphatic heterocycles. The van der Waals surface area contributed by atoms with Gasteiger partial charge in [-0.15, -0.1) is 0 Å². The summed E-state index contributed by atoms with van der Waals surface area (Å²) in [6.45, 7) is 6.20. The van der Waals surface area contributed by atoms with E-state index in [-0.39, 0.29) is 91.3 Å². The summed E-state index contributed by atoms with van der Waals surface area (Å²) in [5.74, 6) is -0.274. The number of benzene rings is 2. The third-order valence-corrected chi connectivity index (χ3v) is 13.9. The van der Waals surface area contributed by atoms with Crippen molar-refractivity contribution in [3.8, 4) is 0 Å². The normalized spacial score (nSPS) is 33.8. The van der Waals surface area contributed by atoms with Gasteiger partial charge in [-0.25, -0.2) is 9.59 Å². The Bertz CT molecular complexity index is 1590. The summed E-state index contributed by atoms with van der Waals surface area (Å²) >= 11 is 17.4. The monoisotopic (exact) mass is 806 g/mol. The van der Waals surface area contributed by atoms with Crippen LogP contribution in [0.2, 0.25) is 0 Å². The van der Waals surface area contributed by atoms with Crippen LogP contribution in [0.15, 0.2) is 60.7 Å². The van der Waals surface area contributed by atoms with Crippen LogP contribution in [0, 0.1) is 46.3 Å². The molecule has 0 saturated heterocycles. The lowest BCUT2D eigenvalue weighted by Gasteiger charge is -2.64. The second-order valence-corrected chi connectivity index (χ2v) is 18.9. The van der Waals surface area contributed by atoms with Crippen LogP contribution in [0.4, 0.5) is 0 Å². The molecule has 296 valence electrons. The van der Waals surface area contributed by atoms with E-state index in [2.05, 4.69) is 20.8 Å². The Morgan fingerprint density at radius 1 is 0.815 bits per heavy atom. The van der Waals surface area contributed by atoms with Gasteiger partial charge < -0.3 is 28.8 Å². The van der Waals surface area contributed by atoms with Gasteiger partial charge in [0.2, 0.25) is 3.79 Å². The molecule has 2 aromatic rings. The lowest BCUT2D eigenvalue weighted by atomic mass is 9.43. The van der Waals surface area contributed by atoms with E-state index < -0.39 is 21.7 Å². The third-order valence-electron chi connectivity index (χ3n) is 13.6. The number of hydrogen-bond acceptors (Lipinski definition) is 9. The molecule has 0 radical (unpaired) electrons. The summed E-state index contributed by atoms with van der Waals surface area (Å²) in [6, 6.07) is 17.8. The molecule has 0 amide bonds. The molecule has 12 heteroatoms. The highest BCUT2D eigenvalue weighted by molar-refractivity contribution is 6.67. The molecular weight excluding hydrogens is 755 g/mol. The summed E-state index contributed by atoms with van der Waals surface area (Å²) in [5, 5.41) is 10.8. The first kappa shape index (κ1) is 41.2. The predicted molar refractivity (Wildman–Crippen MR) is 205 cm³/mol. The number of carbonyl (C=O) groups is 3. The number of fused-ring (bicyclic) bond motifs is 5. The maximum absolute atomic E-state index is 13.0. The zero-order valence-electron chi connectivity index (χ0n) is 31.3. The maximum Gasteiger partial charge on any atom is 0.340 e. The predicted octanol–water partition coefficient (Wildman–Crippen LogP) is 8.96. The van der Waals surface area contributed by atoms with Gasteiger partial charge in [-0.2, -0.15) is 0 Å². The Labute approximate surface area is 333 Å². The average molecular weight is 808 g/mol. The first-order valence-corrected chi connectivity index (χ1v) is 20.4. The zero-order valence-corrected chi connectivity index (χ0v) is 33.6. The Morgan fingerprint density at radius 3 is 2.04 bits per heavy atom. The number of aliphatic hydroxyl groups is 1. The van der Waals surface area contributed by atoms with Crippen molar-refractivity contribution in [2.45, 2.75) is 101 Å². The smallest absolute Gasteiger partial charge is 0.340 e. The Balaban J connectivity index is 1.25. The van der Waals surface area contributed by atoms with Crippen LogP contribution < -0.4 is 0 Å². The molecule has 6 rings (SSSR count). The number of carbonyl (C=O) groups excluding carboxylic acids is 3. The third kappa shape index (κ3) is 9.08. The summed E-state index contributed by atoms with van der Waals surface area (Å²) in [6.07, 6.45) is 5.63. The molecule has 0 unspecified atom stereocenters. The van der Waals surface area contributed by atoms with Crippen LogP contribution in [0.5, 0.6) is 0 Å². The fraction of sp³-hybridized carbons (Fsp3) is 0.643. The Kier molecular flexibility index (Phi) is 13.3. The van der Waals surface area contributed by atoms with Crippen LogP contribution in [-0.4, -0.2) is 65.3 Å². The first-order valence-electron chi connectivity index (χ1n) is 19.3. The summed E-state index contributed by atoms with van der Waals surface area (Å²) in [7, 11) is 0. The first-order chi connectivity index (χ1) is 25.7. The minimum absolute atomic E-state index is 0.0654. The van der Waals surface area contributed by atoms with E-state index in [4.69, 9.17) is 58.5 Å². The summed E-state index contributed by atoms with van der Waals surface area (Å²) in [5.41, 5.74) is 0.497. The van der Waals surface area contributed by atoms with Crippen LogP contribution in [0.1, 0.15) is 99.3 Å². The molecule has 4 aliphatic carbocycles. The van der Waals surface area contributed by atoms with E-state index in [9.17, 15) is 19.5 Å². The minimum atomic E-state index is -1.68. The molecule has 54 heavy (non-hydrogen) atoms. The molecule has 4 aliphatic rings.